The molecule has 1 aliphatic rings. The molecular formula is C14H16Cl3NSi. The number of nitrogens with zero attached hydrogens (tertiary/aromatic N) is 1. The van der Waals surface area contributed by atoms with Crippen molar-refractivity contribution in [1.29, 1.82) is 5.26 Å². The third-order valence-corrected chi connectivity index (χ3v) is 11.9. The molecule has 1 saturated heterocycles. The summed E-state index contributed by atoms with van der Waals surface area (Å²) in [6.45, 7) is -2.57. The van der Waals surface area contributed by atoms with E-state index in [4.69, 9.17) is 39.0 Å². The van der Waals surface area contributed by atoms with Crippen LogP contribution in [0, 0.1) is 11.3 Å². The number of hydrogen-bond acceptors (Lipinski definition) is 1. The van der Waals surface area contributed by atoms with Gasteiger partial charge in [-0.3, -0.25) is 0 Å². The first kappa shape index (κ1) is 15.2. The largest absolute Gasteiger partial charge is 0.272 e. The van der Waals surface area contributed by atoms with Crippen molar-refractivity contribution in [2.75, 3.05) is 0 Å². The van der Waals surface area contributed by atoms with E-state index >= 15 is 0 Å². The molecule has 0 amide bonds. The molecule has 2 rings (SSSR count). The van der Waals surface area contributed by atoms with Gasteiger partial charge in [-0.05, 0) is 24.4 Å². The van der Waals surface area contributed by atoms with E-state index in [9.17, 15) is 0 Å². The van der Waals surface area contributed by atoms with Gasteiger partial charge in [0, 0.05) is 12.3 Å². The highest BCUT2D eigenvalue weighted by Crippen LogP contribution is 2.55. The molecule has 0 radical (unpaired) electrons. The highest BCUT2D eigenvalue weighted by atomic mass is 35.7. The second kappa shape index (κ2) is 6.05. The number of benzene rings is 1. The predicted octanol–water partition coefficient (Wildman–Crippen LogP) is 5.30. The van der Waals surface area contributed by atoms with E-state index in [1.165, 1.54) is 5.56 Å². The lowest BCUT2D eigenvalue weighted by Crippen LogP contribution is -2.53. The van der Waals surface area contributed by atoms with Gasteiger partial charge in [0.1, 0.15) is 0 Å². The molecule has 0 aliphatic carbocycles. The van der Waals surface area contributed by atoms with Crippen molar-refractivity contribution in [3.63, 3.8) is 0 Å². The quantitative estimate of drug-likeness (QED) is 0.418. The number of rotatable bonds is 3. The molecule has 0 spiro atoms. The van der Waals surface area contributed by atoms with Gasteiger partial charge in [-0.25, -0.2) is 0 Å². The maximum absolute atomic E-state index is 8.86. The topological polar surface area (TPSA) is 23.8 Å². The molecule has 1 nitrogen and oxygen atoms in total. The maximum Gasteiger partial charge on any atom is 0.272 e. The second-order valence-electron chi connectivity index (χ2n) is 5.08. The van der Waals surface area contributed by atoms with Gasteiger partial charge < -0.3 is 0 Å². The molecule has 2 atom stereocenters. The smallest absolute Gasteiger partial charge is 0.198 e. The first-order chi connectivity index (χ1) is 9.01. The molecule has 1 aliphatic heterocycles. The predicted molar refractivity (Wildman–Crippen MR) is 84.1 cm³/mol. The second-order valence-corrected chi connectivity index (χ2v) is 13.3. The summed E-state index contributed by atoms with van der Waals surface area (Å²) in [4.78, 5) is 0. The van der Waals surface area contributed by atoms with Crippen LogP contribution >= 0.6 is 33.8 Å². The van der Waals surface area contributed by atoms with E-state index < -0.39 is 11.2 Å². The molecule has 0 bridgehead atoms. The zero-order valence-electron chi connectivity index (χ0n) is 10.6. The third-order valence-electron chi connectivity index (χ3n) is 3.95. The Morgan fingerprint density at radius 1 is 1.32 bits per heavy atom. The number of nitriles is 1. The van der Waals surface area contributed by atoms with E-state index in [0.717, 1.165) is 18.9 Å². The summed E-state index contributed by atoms with van der Waals surface area (Å²) in [5.41, 5.74) is 1.19. The van der Waals surface area contributed by atoms with Gasteiger partial charge in [0.2, 0.25) is 0 Å². The van der Waals surface area contributed by atoms with Crippen molar-refractivity contribution in [2.24, 2.45) is 0 Å². The molecular weight excluding hydrogens is 317 g/mol. The van der Waals surface area contributed by atoms with Gasteiger partial charge in [0.15, 0.2) is 0 Å². The van der Waals surface area contributed by atoms with E-state index in [-0.39, 0.29) is 5.92 Å². The molecule has 1 fully saturated rings. The number of alkyl halides is 1. The molecule has 0 N–H and O–H groups in total. The Morgan fingerprint density at radius 2 is 2.00 bits per heavy atom. The average molecular weight is 333 g/mol. The normalized spacial score (nSPS) is 29.7. The van der Waals surface area contributed by atoms with Crippen molar-refractivity contribution in [1.82, 2.24) is 0 Å². The van der Waals surface area contributed by atoms with E-state index in [0.29, 0.717) is 12.8 Å². The monoisotopic (exact) mass is 331 g/mol. The van der Waals surface area contributed by atoms with Gasteiger partial charge in [-0.2, -0.15) is 5.26 Å². The highest BCUT2D eigenvalue weighted by Gasteiger charge is 2.57. The standard InChI is InChI=1S/C14H16Cl3NSi/c15-14(9-5-10-18)13(8-4-11-19(14,16)17)12-6-2-1-3-7-12/h1-3,6-7,13H,4-5,8-9,11H2. The molecule has 0 aromatic heterocycles. The van der Waals surface area contributed by atoms with Crippen molar-refractivity contribution in [2.45, 2.75) is 42.1 Å². The Hall–Kier alpha value is -0.203. The fourth-order valence-corrected chi connectivity index (χ4v) is 8.08. The Labute approximate surface area is 129 Å². The van der Waals surface area contributed by atoms with Gasteiger partial charge in [0.25, 0.3) is 6.69 Å². The Kier molecular flexibility index (Phi) is 4.84. The fraction of sp³-hybridized carbons (Fsp3) is 0.500. The zero-order chi connectivity index (χ0) is 13.9. The number of halogens is 3. The SMILES string of the molecule is N#CCCC1(Cl)C(c2ccccc2)CCC[Si]1(Cl)Cl. The first-order valence-electron chi connectivity index (χ1n) is 6.50. The Balaban J connectivity index is 2.37. The summed E-state index contributed by atoms with van der Waals surface area (Å²) < 4.78 is -0.633. The van der Waals surface area contributed by atoms with Crippen LogP contribution in [0.15, 0.2) is 30.3 Å². The van der Waals surface area contributed by atoms with Crippen molar-refractivity contribution in [3.05, 3.63) is 35.9 Å². The molecule has 0 saturated carbocycles. The summed E-state index contributed by atoms with van der Waals surface area (Å²) in [5.74, 6) is 0.152. The van der Waals surface area contributed by atoms with E-state index in [2.05, 4.69) is 18.2 Å². The molecule has 1 aromatic carbocycles. The zero-order valence-corrected chi connectivity index (χ0v) is 13.8. The first-order valence-corrected chi connectivity index (χ1v) is 11.1. The van der Waals surface area contributed by atoms with Gasteiger partial charge in [-0.1, -0.05) is 36.8 Å². The van der Waals surface area contributed by atoms with Crippen LogP contribution in [0.4, 0.5) is 0 Å². The summed E-state index contributed by atoms with van der Waals surface area (Å²) in [6.07, 6.45) is 2.98. The minimum Gasteiger partial charge on any atom is -0.198 e. The maximum atomic E-state index is 8.86. The van der Waals surface area contributed by atoms with Crippen molar-refractivity contribution >= 4 is 40.5 Å². The Morgan fingerprint density at radius 3 is 2.63 bits per heavy atom. The number of hydrogen-bond donors (Lipinski definition) is 0. The van der Waals surface area contributed by atoms with Gasteiger partial charge in [-0.15, -0.1) is 33.8 Å². The minimum absolute atomic E-state index is 0.152. The molecule has 2 unspecified atom stereocenters. The van der Waals surface area contributed by atoms with Crippen LogP contribution in [0.2, 0.25) is 6.04 Å². The molecule has 1 aromatic rings. The summed E-state index contributed by atoms with van der Waals surface area (Å²) in [6, 6.07) is 13.2. The highest BCUT2D eigenvalue weighted by molar-refractivity contribution is 7.48. The van der Waals surface area contributed by atoms with Gasteiger partial charge >= 0.3 is 0 Å². The van der Waals surface area contributed by atoms with Crippen molar-refractivity contribution < 1.29 is 0 Å². The van der Waals surface area contributed by atoms with Crippen LogP contribution in [-0.2, 0) is 0 Å². The summed E-state index contributed by atoms with van der Waals surface area (Å²) >= 11 is 20.1. The minimum atomic E-state index is -2.57. The Bertz CT molecular complexity index is 471. The molecule has 1 heterocycles. The molecule has 19 heavy (non-hydrogen) atoms. The molecule has 5 heteroatoms. The van der Waals surface area contributed by atoms with Gasteiger partial charge in [0.05, 0.1) is 10.6 Å². The van der Waals surface area contributed by atoms with Crippen LogP contribution in [0.25, 0.3) is 0 Å². The lowest BCUT2D eigenvalue weighted by atomic mass is 9.88. The average Bonchev–Trinajstić information content (AvgIpc) is 2.41. The van der Waals surface area contributed by atoms with Crippen LogP contribution in [-0.4, -0.2) is 11.2 Å². The van der Waals surface area contributed by atoms with Crippen LogP contribution in [0.5, 0.6) is 0 Å². The molecule has 102 valence electrons. The van der Waals surface area contributed by atoms with Crippen LogP contribution in [0.3, 0.4) is 0 Å². The van der Waals surface area contributed by atoms with E-state index in [1.807, 2.05) is 18.2 Å². The summed E-state index contributed by atoms with van der Waals surface area (Å²) in [7, 11) is 0. The summed E-state index contributed by atoms with van der Waals surface area (Å²) in [5, 5.41) is 8.86. The third kappa shape index (κ3) is 2.95. The van der Waals surface area contributed by atoms with E-state index in [1.54, 1.807) is 0 Å². The van der Waals surface area contributed by atoms with Crippen molar-refractivity contribution in [3.8, 4) is 6.07 Å². The van der Waals surface area contributed by atoms with Crippen LogP contribution in [0.1, 0.15) is 37.2 Å². The van der Waals surface area contributed by atoms with Crippen LogP contribution < -0.4 is 0 Å². The fourth-order valence-electron chi connectivity index (χ4n) is 2.93. The lowest BCUT2D eigenvalue weighted by molar-refractivity contribution is 0.482. The lowest BCUT2D eigenvalue weighted by Gasteiger charge is -2.46.